The molecular weight excluding hydrogens is 1270 g/mol. The number of halogens is 10. The zero-order chi connectivity index (χ0) is 65.8. The Hall–Kier alpha value is -7.14. The van der Waals surface area contributed by atoms with Gasteiger partial charge in [-0.25, -0.2) is 44.7 Å². The predicted molar refractivity (Wildman–Crippen MR) is 319 cm³/mol. The summed E-state index contributed by atoms with van der Waals surface area (Å²) in [5, 5.41) is 9.82. The SMILES string of the molecule is CCOC(=O)N1CCC[C@H](C(=O)Nc2cccc(F)c2Cl)C1.CCS(=O)(=O)N1CCC[C@H](C(=O)Nc2ccc(C(F)(F)F)c(F)c2)C1.COC(=O)N1CCC[C@H](C(=O)Nc2cccc(Cl)c2F)C1.COC(=O)N1CCC[C@H](C(=O)Nc2cccc(F)c2Cl)C1. The lowest BCUT2D eigenvalue weighted by Crippen LogP contribution is -2.44. The minimum absolute atomic E-state index is 0.00508. The van der Waals surface area contributed by atoms with Crippen LogP contribution >= 0.6 is 34.8 Å². The summed E-state index contributed by atoms with van der Waals surface area (Å²) < 4.78 is 131. The summed E-state index contributed by atoms with van der Waals surface area (Å²) in [6.07, 6.45) is -1.10. The van der Waals surface area contributed by atoms with Crippen LogP contribution in [0.2, 0.25) is 15.1 Å². The molecule has 31 heteroatoms. The molecule has 0 aliphatic carbocycles. The lowest BCUT2D eigenvalue weighted by atomic mass is 9.97. The van der Waals surface area contributed by atoms with E-state index in [4.69, 9.17) is 39.5 Å². The van der Waals surface area contributed by atoms with E-state index in [2.05, 4.69) is 30.7 Å². The minimum atomic E-state index is -4.81. The van der Waals surface area contributed by atoms with Gasteiger partial charge in [0.25, 0.3) is 0 Å². The molecule has 89 heavy (non-hydrogen) atoms. The summed E-state index contributed by atoms with van der Waals surface area (Å²) in [6, 6.07) is 15.0. The van der Waals surface area contributed by atoms with Crippen molar-refractivity contribution in [3.05, 3.63) is 117 Å². The third kappa shape index (κ3) is 21.2. The van der Waals surface area contributed by atoms with Crippen molar-refractivity contribution in [3.63, 3.8) is 0 Å². The highest BCUT2D eigenvalue weighted by Crippen LogP contribution is 2.34. The molecule has 0 unspecified atom stereocenters. The highest BCUT2D eigenvalue weighted by Gasteiger charge is 2.36. The van der Waals surface area contributed by atoms with Gasteiger partial charge in [0.2, 0.25) is 33.7 Å². The highest BCUT2D eigenvalue weighted by molar-refractivity contribution is 7.89. The number of nitrogens with zero attached hydrogens (tertiary/aromatic N) is 4. The van der Waals surface area contributed by atoms with Crippen LogP contribution < -0.4 is 21.3 Å². The number of anilines is 4. The molecule has 4 atom stereocenters. The fourth-order valence-electron chi connectivity index (χ4n) is 9.71. The van der Waals surface area contributed by atoms with E-state index in [1.165, 1.54) is 88.7 Å². The maximum absolute atomic E-state index is 13.8. The molecule has 488 valence electrons. The first-order valence-corrected chi connectivity index (χ1v) is 30.8. The Balaban J connectivity index is 0.000000216. The number of piperidine rings is 4. The van der Waals surface area contributed by atoms with Crippen LogP contribution in [0.25, 0.3) is 0 Å². The molecule has 4 aliphatic rings. The third-order valence-corrected chi connectivity index (χ3v) is 17.4. The van der Waals surface area contributed by atoms with E-state index in [0.717, 1.165) is 6.07 Å². The largest absolute Gasteiger partial charge is 0.453 e. The van der Waals surface area contributed by atoms with Crippen molar-refractivity contribution < 1.29 is 86.9 Å². The molecule has 4 heterocycles. The molecule has 7 amide bonds. The summed E-state index contributed by atoms with van der Waals surface area (Å²) in [4.78, 5) is 88.1. The molecule has 4 aliphatic heterocycles. The van der Waals surface area contributed by atoms with Crippen LogP contribution in [0.15, 0.2) is 72.8 Å². The monoisotopic (exact) mass is 1340 g/mol. The number of methoxy groups -OCH3 is 2. The molecule has 20 nitrogen and oxygen atoms in total. The fraction of sp³-hybridized carbons (Fsp3) is 0.466. The van der Waals surface area contributed by atoms with Crippen LogP contribution in [0.1, 0.15) is 70.8 Å². The molecule has 4 aromatic carbocycles. The molecule has 0 saturated carbocycles. The smallest absolute Gasteiger partial charge is 0.419 e. The number of amides is 7. The molecule has 4 fully saturated rings. The number of sulfonamides is 1. The second-order valence-corrected chi connectivity index (χ2v) is 24.0. The van der Waals surface area contributed by atoms with Crippen molar-refractivity contribution in [3.8, 4) is 0 Å². The first kappa shape index (κ1) is 72.6. The van der Waals surface area contributed by atoms with Crippen molar-refractivity contribution in [1.82, 2.24) is 19.0 Å². The molecule has 4 saturated heterocycles. The second-order valence-electron chi connectivity index (χ2n) is 20.5. The number of carbonyl (C=O) groups excluding carboxylic acids is 7. The standard InChI is InChI=1S/C15H18ClFN2O3.C15H18F4N2O3S.2C14H16ClFN2O3/c1-2-22-15(21)19-8-4-5-10(9-19)14(20)18-12-7-3-6-11(17)13(12)16;1-2-25(23,24)21-7-3-4-10(9-21)14(22)20-11-5-6-12(13(16)8-11)15(17,18)19;1-21-14(20)18-7-3-4-9(8-18)13(19)17-11-6-2-5-10(16)12(11)15;1-21-14(20)18-7-3-4-9(8-18)13(19)17-11-6-2-5-10(15)12(11)16/h3,6-7,10H,2,4-5,8-9H2,1H3,(H,18,20);5-6,8,10H,2-4,7,9H2,1H3,(H,20,22);2*2,5-6,9H,3-4,7-8H2,1H3,(H,17,19)/t2*10-;2*9-/m0000/s1. The number of rotatable bonds is 11. The topological polar surface area (TPSA) is 242 Å². The van der Waals surface area contributed by atoms with Crippen molar-refractivity contribution >= 4 is 109 Å². The number of benzene rings is 4. The zero-order valence-corrected chi connectivity index (χ0v) is 51.9. The summed E-state index contributed by atoms with van der Waals surface area (Å²) in [7, 11) is -0.818. The molecule has 0 bridgehead atoms. The lowest BCUT2D eigenvalue weighted by Gasteiger charge is -2.31. The number of hydrogen-bond donors (Lipinski definition) is 4. The van der Waals surface area contributed by atoms with Crippen LogP contribution in [-0.4, -0.2) is 148 Å². The van der Waals surface area contributed by atoms with Gasteiger partial charge in [-0.2, -0.15) is 13.2 Å². The maximum atomic E-state index is 13.8. The first-order chi connectivity index (χ1) is 42.1. The van der Waals surface area contributed by atoms with Crippen LogP contribution in [0.3, 0.4) is 0 Å². The van der Waals surface area contributed by atoms with Crippen LogP contribution in [0.4, 0.5) is 67.9 Å². The summed E-state index contributed by atoms with van der Waals surface area (Å²) in [6.45, 7) is 6.40. The Morgan fingerprint density at radius 1 is 0.539 bits per heavy atom. The number of ether oxygens (including phenoxy) is 3. The summed E-state index contributed by atoms with van der Waals surface area (Å²) in [5.74, 6) is -6.59. The van der Waals surface area contributed by atoms with Crippen molar-refractivity contribution in [1.29, 1.82) is 0 Å². The maximum Gasteiger partial charge on any atom is 0.419 e. The Morgan fingerprint density at radius 2 is 0.944 bits per heavy atom. The van der Waals surface area contributed by atoms with Gasteiger partial charge in [-0.15, -0.1) is 0 Å². The van der Waals surface area contributed by atoms with Crippen molar-refractivity contribution in [2.24, 2.45) is 23.7 Å². The summed E-state index contributed by atoms with van der Waals surface area (Å²) in [5.41, 5.74) is -1.01. The zero-order valence-electron chi connectivity index (χ0n) is 48.8. The molecule has 0 aromatic heterocycles. The van der Waals surface area contributed by atoms with E-state index in [1.54, 1.807) is 13.0 Å². The van der Waals surface area contributed by atoms with Gasteiger partial charge >= 0.3 is 24.5 Å². The van der Waals surface area contributed by atoms with E-state index in [-0.39, 0.29) is 99.3 Å². The Morgan fingerprint density at radius 3 is 1.37 bits per heavy atom. The van der Waals surface area contributed by atoms with Crippen LogP contribution in [0.5, 0.6) is 0 Å². The third-order valence-electron chi connectivity index (χ3n) is 14.5. The number of alkyl halides is 3. The summed E-state index contributed by atoms with van der Waals surface area (Å²) >= 11 is 17.3. The van der Waals surface area contributed by atoms with Gasteiger partial charge < -0.3 is 50.2 Å². The minimum Gasteiger partial charge on any atom is -0.453 e. The number of hydrogen-bond acceptors (Lipinski definition) is 12. The second kappa shape index (κ2) is 34.2. The molecule has 4 aromatic rings. The average Bonchev–Trinajstić information content (AvgIpc) is 2.83. The Kier molecular flexibility index (Phi) is 27.9. The van der Waals surface area contributed by atoms with E-state index >= 15 is 0 Å². The normalized spacial score (nSPS) is 18.6. The Bertz CT molecular complexity index is 3170. The van der Waals surface area contributed by atoms with Crippen LogP contribution in [-0.2, 0) is 49.6 Å². The Labute approximate surface area is 525 Å². The van der Waals surface area contributed by atoms with Gasteiger partial charge in [0.05, 0.1) is 87.9 Å². The highest BCUT2D eigenvalue weighted by atomic mass is 35.5. The van der Waals surface area contributed by atoms with Gasteiger partial charge in [0, 0.05) is 58.0 Å². The molecule has 0 spiro atoms. The predicted octanol–water partition coefficient (Wildman–Crippen LogP) is 11.9. The lowest BCUT2D eigenvalue weighted by molar-refractivity contribution is -0.140. The van der Waals surface area contributed by atoms with Crippen molar-refractivity contribution in [2.45, 2.75) is 71.4 Å². The fourth-order valence-corrected chi connectivity index (χ4v) is 11.4. The molecular formula is C58H68Cl3F7N8O12S. The first-order valence-electron chi connectivity index (χ1n) is 28.1. The van der Waals surface area contributed by atoms with E-state index in [1.807, 2.05) is 0 Å². The van der Waals surface area contributed by atoms with Gasteiger partial charge in [-0.05, 0) is 120 Å². The quantitative estimate of drug-likeness (QED) is 0.0810. The molecule has 4 N–H and O–H groups in total. The number of nitrogens with one attached hydrogen (secondary N) is 4. The van der Waals surface area contributed by atoms with Gasteiger partial charge in [-0.3, -0.25) is 19.2 Å². The van der Waals surface area contributed by atoms with Gasteiger partial charge in [0.15, 0.2) is 5.82 Å². The number of carbonyl (C=O) groups is 7. The molecule has 8 rings (SSSR count). The van der Waals surface area contributed by atoms with Crippen molar-refractivity contribution in [2.75, 3.05) is 100 Å². The number of likely N-dealkylation sites (tertiary alicyclic amines) is 3. The molecule has 0 radical (unpaired) electrons. The van der Waals surface area contributed by atoms with Gasteiger partial charge in [0.1, 0.15) is 17.5 Å². The van der Waals surface area contributed by atoms with Gasteiger partial charge in [-0.1, -0.05) is 53.0 Å². The van der Waals surface area contributed by atoms with Crippen LogP contribution in [0, 0.1) is 46.9 Å². The average molecular weight is 1340 g/mol. The van der Waals surface area contributed by atoms with E-state index in [9.17, 15) is 72.7 Å². The van der Waals surface area contributed by atoms with E-state index in [0.29, 0.717) is 96.3 Å². The van der Waals surface area contributed by atoms with E-state index < -0.39 is 81.1 Å².